The van der Waals surface area contributed by atoms with Gasteiger partial charge in [-0.25, -0.2) is 0 Å². The number of hydrogen-bond donors (Lipinski definition) is 0. The first-order valence-electron chi connectivity index (χ1n) is 11.7. The van der Waals surface area contributed by atoms with Gasteiger partial charge >= 0.3 is 41.3 Å². The molecule has 0 spiro atoms. The molecule has 0 amide bonds. The van der Waals surface area contributed by atoms with Crippen molar-refractivity contribution in [1.29, 1.82) is 0 Å². The van der Waals surface area contributed by atoms with E-state index in [2.05, 4.69) is 111 Å². The second-order valence-corrected chi connectivity index (χ2v) is 11.4. The molecule has 0 atom stereocenters. The summed E-state index contributed by atoms with van der Waals surface area (Å²) in [6.07, 6.45) is 16.3. The predicted octanol–water partition coefficient (Wildman–Crippen LogP) is 0.0456. The SMILES string of the molecule is C[C](C)=[Zr+2].[C-]1=CC=c2c1c1c(c3ccccc23)=CC=CC1.[Cl-].[Cl-].[c-]1cccc2c1Cc1ccccc1-2. The Labute approximate surface area is 241 Å². The molecule has 7 rings (SSSR count). The smallest absolute Gasteiger partial charge is 0.0253 e. The van der Waals surface area contributed by atoms with Crippen LogP contribution in [-0.2, 0) is 37.1 Å². The predicted molar refractivity (Wildman–Crippen MR) is 142 cm³/mol. The summed E-state index contributed by atoms with van der Waals surface area (Å²) in [7, 11) is 0. The Morgan fingerprint density at radius 3 is 2.25 bits per heavy atom. The zero-order chi connectivity index (χ0) is 23.5. The number of rotatable bonds is 0. The monoisotopic (exact) mass is 582 g/mol. The Hall–Kier alpha value is -2.31. The quantitative estimate of drug-likeness (QED) is 0.226. The van der Waals surface area contributed by atoms with Crippen LogP contribution in [0, 0.1) is 12.1 Å². The van der Waals surface area contributed by atoms with Crippen molar-refractivity contribution < 1.29 is 49.0 Å². The third-order valence-corrected chi connectivity index (χ3v) is 6.22. The topological polar surface area (TPSA) is 0 Å². The molecular formula is C33H26Cl2Zr-2. The molecular weight excluding hydrogens is 558 g/mol. The van der Waals surface area contributed by atoms with Crippen molar-refractivity contribution in [2.24, 2.45) is 0 Å². The summed E-state index contributed by atoms with van der Waals surface area (Å²) in [5, 5.41) is 5.41. The number of benzene rings is 4. The normalized spacial score (nSPS) is 12.4. The zero-order valence-corrected chi connectivity index (χ0v) is 24.4. The average molecular weight is 585 g/mol. The molecule has 4 aromatic rings. The van der Waals surface area contributed by atoms with E-state index in [-0.39, 0.29) is 24.8 Å². The van der Waals surface area contributed by atoms with Crippen LogP contribution < -0.4 is 35.3 Å². The van der Waals surface area contributed by atoms with Crippen molar-refractivity contribution >= 4 is 26.1 Å². The standard InChI is InChI=1S/C17H11.C13H9.C3H6.2ClH.Zr/c1-3-8-14-12(6-1)13-7-2-4-9-15(13)17-11-5-10-16(14)17;1-3-7-12-10(5-1)9-11-6-2-4-8-13(11)12;1-3-2;;;/h1-8,10H,9H2;1-5,7-8H,9H2;1-2H3;2*1H;/q2*-1;;;;+2/p-2. The summed E-state index contributed by atoms with van der Waals surface area (Å²) in [6, 6.07) is 26.8. The van der Waals surface area contributed by atoms with Crippen LogP contribution in [0.5, 0.6) is 0 Å². The van der Waals surface area contributed by atoms with Gasteiger partial charge in [0.1, 0.15) is 0 Å². The summed E-state index contributed by atoms with van der Waals surface area (Å²) in [5.41, 5.74) is 8.22. The van der Waals surface area contributed by atoms with E-state index in [9.17, 15) is 0 Å². The minimum absolute atomic E-state index is 0. The number of hydrogen-bond acceptors (Lipinski definition) is 0. The molecule has 0 saturated carbocycles. The van der Waals surface area contributed by atoms with Gasteiger partial charge in [0.05, 0.1) is 0 Å². The Morgan fingerprint density at radius 2 is 1.47 bits per heavy atom. The summed E-state index contributed by atoms with van der Waals surface area (Å²) in [5.74, 6) is 0. The van der Waals surface area contributed by atoms with E-state index in [1.807, 2.05) is 12.1 Å². The molecule has 0 aliphatic heterocycles. The first kappa shape index (κ1) is 28.3. The van der Waals surface area contributed by atoms with Crippen LogP contribution in [0.3, 0.4) is 0 Å². The van der Waals surface area contributed by atoms with E-state index in [1.165, 1.54) is 57.8 Å². The van der Waals surface area contributed by atoms with Gasteiger partial charge in [0.15, 0.2) is 0 Å². The molecule has 3 aliphatic carbocycles. The van der Waals surface area contributed by atoms with Crippen LogP contribution in [0.25, 0.3) is 34.1 Å². The molecule has 0 nitrogen and oxygen atoms in total. The van der Waals surface area contributed by atoms with Gasteiger partial charge in [0.2, 0.25) is 0 Å². The Morgan fingerprint density at radius 1 is 0.806 bits per heavy atom. The fraction of sp³-hybridized carbons (Fsp3) is 0.121. The Bertz CT molecular complexity index is 1540. The van der Waals surface area contributed by atoms with Gasteiger partial charge in [-0.15, -0.1) is 28.0 Å². The van der Waals surface area contributed by atoms with Gasteiger partial charge in [0, 0.05) is 0 Å². The van der Waals surface area contributed by atoms with Gasteiger partial charge in [-0.3, -0.25) is 0 Å². The molecule has 0 unspecified atom stereocenters. The van der Waals surface area contributed by atoms with Crippen LogP contribution in [0.15, 0.2) is 85.0 Å². The molecule has 36 heavy (non-hydrogen) atoms. The molecule has 0 radical (unpaired) electrons. The van der Waals surface area contributed by atoms with Gasteiger partial charge < -0.3 is 24.8 Å². The van der Waals surface area contributed by atoms with Crippen LogP contribution in [0.1, 0.15) is 36.1 Å². The Balaban J connectivity index is 0.000000171. The average Bonchev–Trinajstić information content (AvgIpc) is 3.50. The van der Waals surface area contributed by atoms with Crippen molar-refractivity contribution in [2.45, 2.75) is 26.7 Å². The zero-order valence-electron chi connectivity index (χ0n) is 20.4. The van der Waals surface area contributed by atoms with Crippen LogP contribution in [0.4, 0.5) is 0 Å². The summed E-state index contributed by atoms with van der Waals surface area (Å²) in [4.78, 5) is 0. The molecule has 0 aromatic heterocycles. The van der Waals surface area contributed by atoms with Crippen molar-refractivity contribution in [2.75, 3.05) is 0 Å². The molecule has 0 heterocycles. The van der Waals surface area contributed by atoms with E-state index < -0.39 is 0 Å². The van der Waals surface area contributed by atoms with E-state index in [0.717, 1.165) is 12.8 Å². The van der Waals surface area contributed by atoms with E-state index in [1.54, 1.807) is 24.2 Å². The van der Waals surface area contributed by atoms with Crippen molar-refractivity contribution in [1.82, 2.24) is 0 Å². The van der Waals surface area contributed by atoms with Crippen molar-refractivity contribution in [3.8, 4) is 11.1 Å². The molecule has 3 heteroatoms. The van der Waals surface area contributed by atoms with Crippen LogP contribution >= 0.6 is 0 Å². The van der Waals surface area contributed by atoms with Crippen LogP contribution in [-0.4, -0.2) is 3.21 Å². The maximum Gasteiger partial charge on any atom is -0.0253 e. The summed E-state index contributed by atoms with van der Waals surface area (Å²) in [6.45, 7) is 4.25. The maximum absolute atomic E-state index is 3.39. The molecule has 0 N–H and O–H groups in total. The molecule has 0 saturated heterocycles. The van der Waals surface area contributed by atoms with Gasteiger partial charge in [-0.1, -0.05) is 88.5 Å². The first-order valence-corrected chi connectivity index (χ1v) is 13.0. The second-order valence-electron chi connectivity index (χ2n) is 8.90. The number of halogens is 2. The van der Waals surface area contributed by atoms with Gasteiger partial charge in [0.25, 0.3) is 0 Å². The Kier molecular flexibility index (Phi) is 10.0. The number of fused-ring (bicyclic) bond motifs is 9. The molecule has 178 valence electrons. The van der Waals surface area contributed by atoms with Crippen molar-refractivity contribution in [3.05, 3.63) is 130 Å². The van der Waals surface area contributed by atoms with E-state index >= 15 is 0 Å². The van der Waals surface area contributed by atoms with Gasteiger partial charge in [-0.05, 0) is 18.2 Å². The third-order valence-electron chi connectivity index (χ3n) is 6.22. The first-order chi connectivity index (χ1) is 16.6. The van der Waals surface area contributed by atoms with E-state index in [0.29, 0.717) is 0 Å². The summed E-state index contributed by atoms with van der Waals surface area (Å²) >= 11 is 1.55. The minimum atomic E-state index is 0. The molecule has 3 aliphatic rings. The summed E-state index contributed by atoms with van der Waals surface area (Å²) < 4.78 is 1.51. The van der Waals surface area contributed by atoms with Crippen LogP contribution in [0.2, 0.25) is 0 Å². The largest absolute Gasteiger partial charge is 1.00 e. The van der Waals surface area contributed by atoms with Gasteiger partial charge in [-0.2, -0.15) is 42.0 Å². The van der Waals surface area contributed by atoms with Crippen molar-refractivity contribution in [3.63, 3.8) is 0 Å². The molecule has 0 bridgehead atoms. The molecule has 0 fully saturated rings. The fourth-order valence-corrected chi connectivity index (χ4v) is 4.84. The molecule has 4 aromatic carbocycles. The van der Waals surface area contributed by atoms with E-state index in [4.69, 9.17) is 0 Å². The number of allylic oxidation sites excluding steroid dienone is 3. The second kappa shape index (κ2) is 12.8. The maximum atomic E-state index is 3.39. The third kappa shape index (κ3) is 5.81. The fourth-order valence-electron chi connectivity index (χ4n) is 4.84. The minimum Gasteiger partial charge on any atom is -1.00 e.